The molecule has 2 aromatic carbocycles. The molecule has 0 bridgehead atoms. The summed E-state index contributed by atoms with van der Waals surface area (Å²) in [7, 11) is -3.82. The van der Waals surface area contributed by atoms with Crippen LogP contribution >= 0.6 is 0 Å². The Kier molecular flexibility index (Phi) is 8.36. The SMILES string of the molecule is CCCCCCCCc1ccc(OS(=O)(=O)c2ccc(C)cc2CC)cc1. The van der Waals surface area contributed by atoms with Crippen molar-refractivity contribution in [3.8, 4) is 5.75 Å². The van der Waals surface area contributed by atoms with Crippen LogP contribution in [0.15, 0.2) is 47.4 Å². The Hall–Kier alpha value is -1.81. The third-order valence-electron chi connectivity index (χ3n) is 4.81. The highest BCUT2D eigenvalue weighted by molar-refractivity contribution is 7.87. The van der Waals surface area contributed by atoms with Crippen LogP contribution in [0.2, 0.25) is 0 Å². The van der Waals surface area contributed by atoms with E-state index in [-0.39, 0.29) is 4.90 Å². The normalized spacial score (nSPS) is 11.5. The fraction of sp³-hybridized carbons (Fsp3) is 0.478. The first kappa shape index (κ1) is 21.5. The quantitative estimate of drug-likeness (QED) is 0.338. The van der Waals surface area contributed by atoms with E-state index in [1.54, 1.807) is 24.3 Å². The molecule has 0 heterocycles. The molecule has 0 aliphatic heterocycles. The summed E-state index contributed by atoms with van der Waals surface area (Å²) in [6, 6.07) is 12.8. The van der Waals surface area contributed by atoms with Crippen molar-refractivity contribution in [3.63, 3.8) is 0 Å². The lowest BCUT2D eigenvalue weighted by atomic mass is 10.1. The second-order valence-corrected chi connectivity index (χ2v) is 8.68. The molecule has 2 aromatic rings. The Bertz CT molecular complexity index is 808. The van der Waals surface area contributed by atoms with Crippen molar-refractivity contribution in [2.75, 3.05) is 0 Å². The first-order valence-electron chi connectivity index (χ1n) is 10.1. The number of aryl methyl sites for hydroxylation is 3. The van der Waals surface area contributed by atoms with Crippen LogP contribution in [0.3, 0.4) is 0 Å². The van der Waals surface area contributed by atoms with E-state index in [0.717, 1.165) is 17.5 Å². The van der Waals surface area contributed by atoms with E-state index in [1.165, 1.54) is 44.1 Å². The number of benzene rings is 2. The van der Waals surface area contributed by atoms with E-state index in [1.807, 2.05) is 32.0 Å². The van der Waals surface area contributed by atoms with Gasteiger partial charge in [-0.15, -0.1) is 0 Å². The van der Waals surface area contributed by atoms with Gasteiger partial charge in [-0.1, -0.05) is 75.8 Å². The van der Waals surface area contributed by atoms with Gasteiger partial charge < -0.3 is 4.18 Å². The summed E-state index contributed by atoms with van der Waals surface area (Å²) in [5.74, 6) is 0.365. The molecule has 0 saturated carbocycles. The zero-order valence-electron chi connectivity index (χ0n) is 16.8. The molecule has 0 unspecified atom stereocenters. The maximum Gasteiger partial charge on any atom is 0.339 e. The number of hydrogen-bond donors (Lipinski definition) is 0. The number of unbranched alkanes of at least 4 members (excludes halogenated alkanes) is 5. The van der Waals surface area contributed by atoms with E-state index in [2.05, 4.69) is 6.92 Å². The maximum atomic E-state index is 12.7. The van der Waals surface area contributed by atoms with E-state index >= 15 is 0 Å². The van der Waals surface area contributed by atoms with Gasteiger partial charge in [0.15, 0.2) is 0 Å². The molecule has 0 atom stereocenters. The molecule has 0 saturated heterocycles. The topological polar surface area (TPSA) is 43.4 Å². The predicted molar refractivity (Wildman–Crippen MR) is 112 cm³/mol. The van der Waals surface area contributed by atoms with Crippen molar-refractivity contribution in [3.05, 3.63) is 59.2 Å². The van der Waals surface area contributed by atoms with Crippen LogP contribution in [0, 0.1) is 6.92 Å². The molecule has 0 radical (unpaired) electrons. The van der Waals surface area contributed by atoms with Crippen LogP contribution < -0.4 is 4.18 Å². The third-order valence-corrected chi connectivity index (χ3v) is 6.16. The molecule has 0 aromatic heterocycles. The highest BCUT2D eigenvalue weighted by Gasteiger charge is 2.20. The fourth-order valence-corrected chi connectivity index (χ4v) is 4.43. The largest absolute Gasteiger partial charge is 0.379 e. The zero-order chi connectivity index (χ0) is 19.7. The summed E-state index contributed by atoms with van der Waals surface area (Å²) < 4.78 is 30.7. The molecule has 0 amide bonds. The van der Waals surface area contributed by atoms with Crippen LogP contribution in [0.25, 0.3) is 0 Å². The monoisotopic (exact) mass is 388 g/mol. The Morgan fingerprint density at radius 2 is 1.52 bits per heavy atom. The van der Waals surface area contributed by atoms with Crippen LogP contribution in [0.1, 0.15) is 69.1 Å². The Labute approximate surface area is 164 Å². The summed E-state index contributed by atoms with van der Waals surface area (Å²) in [6.07, 6.45) is 9.30. The second-order valence-electron chi connectivity index (χ2n) is 7.16. The second kappa shape index (κ2) is 10.5. The van der Waals surface area contributed by atoms with Crippen molar-refractivity contribution >= 4 is 10.1 Å². The van der Waals surface area contributed by atoms with Crippen molar-refractivity contribution in [2.24, 2.45) is 0 Å². The molecule has 0 aliphatic rings. The van der Waals surface area contributed by atoms with Crippen molar-refractivity contribution in [1.82, 2.24) is 0 Å². The average molecular weight is 389 g/mol. The summed E-state index contributed by atoms with van der Waals surface area (Å²) in [5.41, 5.74) is 3.05. The molecule has 148 valence electrons. The lowest BCUT2D eigenvalue weighted by Gasteiger charge is -2.11. The van der Waals surface area contributed by atoms with Gasteiger partial charge in [0.25, 0.3) is 0 Å². The van der Waals surface area contributed by atoms with Gasteiger partial charge in [-0.3, -0.25) is 0 Å². The fourth-order valence-electron chi connectivity index (χ4n) is 3.22. The van der Waals surface area contributed by atoms with E-state index in [4.69, 9.17) is 4.18 Å². The van der Waals surface area contributed by atoms with Gasteiger partial charge in [0.2, 0.25) is 0 Å². The van der Waals surface area contributed by atoms with Crippen LogP contribution in [-0.4, -0.2) is 8.42 Å². The molecule has 27 heavy (non-hydrogen) atoms. The van der Waals surface area contributed by atoms with Crippen molar-refractivity contribution in [2.45, 2.75) is 77.0 Å². The Morgan fingerprint density at radius 3 is 2.19 bits per heavy atom. The van der Waals surface area contributed by atoms with Crippen LogP contribution in [0.4, 0.5) is 0 Å². The zero-order valence-corrected chi connectivity index (χ0v) is 17.6. The first-order valence-corrected chi connectivity index (χ1v) is 11.5. The standard InChI is InChI=1S/C23H32O3S/c1-4-6-7-8-9-10-11-20-13-15-22(16-14-20)26-27(24,25)23-17-12-19(3)18-21(23)5-2/h12-18H,4-11H2,1-3H3. The lowest BCUT2D eigenvalue weighted by molar-refractivity contribution is 0.485. The van der Waals surface area contributed by atoms with Gasteiger partial charge >= 0.3 is 10.1 Å². The van der Waals surface area contributed by atoms with Crippen molar-refractivity contribution in [1.29, 1.82) is 0 Å². The van der Waals surface area contributed by atoms with Gasteiger partial charge in [-0.05, 0) is 55.5 Å². The highest BCUT2D eigenvalue weighted by atomic mass is 32.2. The summed E-state index contributed by atoms with van der Waals surface area (Å²) in [5, 5.41) is 0. The summed E-state index contributed by atoms with van der Waals surface area (Å²) >= 11 is 0. The number of rotatable bonds is 11. The van der Waals surface area contributed by atoms with E-state index in [0.29, 0.717) is 12.2 Å². The average Bonchev–Trinajstić information content (AvgIpc) is 2.65. The molecular weight excluding hydrogens is 356 g/mol. The minimum absolute atomic E-state index is 0.256. The molecule has 2 rings (SSSR count). The Morgan fingerprint density at radius 1 is 0.852 bits per heavy atom. The molecule has 3 nitrogen and oxygen atoms in total. The smallest absolute Gasteiger partial charge is 0.339 e. The van der Waals surface area contributed by atoms with Gasteiger partial charge in [0.1, 0.15) is 10.6 Å². The maximum absolute atomic E-state index is 12.7. The first-order chi connectivity index (χ1) is 13.0. The van der Waals surface area contributed by atoms with Crippen molar-refractivity contribution < 1.29 is 12.6 Å². The van der Waals surface area contributed by atoms with Gasteiger partial charge in [-0.25, -0.2) is 0 Å². The van der Waals surface area contributed by atoms with Gasteiger partial charge in [0, 0.05) is 0 Å². The molecule has 0 fully saturated rings. The minimum atomic E-state index is -3.82. The minimum Gasteiger partial charge on any atom is -0.379 e. The van der Waals surface area contributed by atoms with Crippen LogP contribution in [-0.2, 0) is 23.0 Å². The van der Waals surface area contributed by atoms with Crippen LogP contribution in [0.5, 0.6) is 5.75 Å². The Balaban J connectivity index is 1.95. The highest BCUT2D eigenvalue weighted by Crippen LogP contribution is 2.24. The van der Waals surface area contributed by atoms with Gasteiger partial charge in [0.05, 0.1) is 0 Å². The summed E-state index contributed by atoms with van der Waals surface area (Å²) in [6.45, 7) is 6.13. The molecule has 0 N–H and O–H groups in total. The van der Waals surface area contributed by atoms with Gasteiger partial charge in [-0.2, -0.15) is 8.42 Å². The van der Waals surface area contributed by atoms with E-state index in [9.17, 15) is 8.42 Å². The molecule has 0 spiro atoms. The molecule has 4 heteroatoms. The molecular formula is C23H32O3S. The molecule has 0 aliphatic carbocycles. The predicted octanol–water partition coefficient (Wildman–Crippen LogP) is 6.23. The third kappa shape index (κ3) is 6.69. The lowest BCUT2D eigenvalue weighted by Crippen LogP contribution is -2.12. The number of hydrogen-bond acceptors (Lipinski definition) is 3. The summed E-state index contributed by atoms with van der Waals surface area (Å²) in [4.78, 5) is 0.256. The van der Waals surface area contributed by atoms with E-state index < -0.39 is 10.1 Å².